The van der Waals surface area contributed by atoms with Gasteiger partial charge in [0.1, 0.15) is 11.5 Å². The van der Waals surface area contributed by atoms with Crippen molar-refractivity contribution >= 4 is 0 Å². The summed E-state index contributed by atoms with van der Waals surface area (Å²) in [6.07, 6.45) is 0. The van der Waals surface area contributed by atoms with Crippen molar-refractivity contribution in [1.29, 1.82) is 0 Å². The minimum absolute atomic E-state index is 0.787. The molecule has 0 saturated carbocycles. The lowest BCUT2D eigenvalue weighted by atomic mass is 9.94. The van der Waals surface area contributed by atoms with E-state index in [4.69, 9.17) is 18.9 Å². The van der Waals surface area contributed by atoms with Gasteiger partial charge in [-0.15, -0.1) is 0 Å². The van der Waals surface area contributed by atoms with Crippen molar-refractivity contribution < 1.29 is 18.9 Å². The maximum absolute atomic E-state index is 5.83. The van der Waals surface area contributed by atoms with Crippen molar-refractivity contribution in [2.45, 2.75) is 5.79 Å². The maximum atomic E-state index is 5.83. The summed E-state index contributed by atoms with van der Waals surface area (Å²) in [4.78, 5) is 0. The molecule has 3 rings (SSSR count). The first-order valence-electron chi connectivity index (χ1n) is 8.66. The van der Waals surface area contributed by atoms with Crippen molar-refractivity contribution in [3.63, 3.8) is 0 Å². The molecule has 4 heteroatoms. The second-order valence-corrected chi connectivity index (χ2v) is 6.06. The van der Waals surface area contributed by atoms with Crippen LogP contribution in [0.2, 0.25) is 0 Å². The van der Waals surface area contributed by atoms with Gasteiger partial charge in [-0.25, -0.2) is 0 Å². The highest BCUT2D eigenvalue weighted by atomic mass is 16.7. The lowest BCUT2D eigenvalue weighted by Gasteiger charge is -2.32. The summed E-state index contributed by atoms with van der Waals surface area (Å²) in [5.41, 5.74) is 4.03. The van der Waals surface area contributed by atoms with Crippen molar-refractivity contribution in [3.05, 3.63) is 83.9 Å². The van der Waals surface area contributed by atoms with Crippen LogP contribution in [0.15, 0.2) is 72.8 Å². The monoisotopic (exact) mass is 364 g/mol. The SMILES string of the molecule is COc1ccc(-c2ccc(C(OC)(OC)c3ccc(OC)cc3)cc2)cc1. The Hall–Kier alpha value is -2.82. The predicted octanol–water partition coefficient (Wildman–Crippen LogP) is 4.86. The van der Waals surface area contributed by atoms with Gasteiger partial charge in [-0.2, -0.15) is 0 Å². The van der Waals surface area contributed by atoms with Crippen LogP contribution in [0.25, 0.3) is 11.1 Å². The minimum Gasteiger partial charge on any atom is -0.497 e. The highest BCUT2D eigenvalue weighted by Crippen LogP contribution is 2.36. The first-order valence-corrected chi connectivity index (χ1v) is 8.66. The van der Waals surface area contributed by atoms with Gasteiger partial charge in [-0.1, -0.05) is 36.4 Å². The summed E-state index contributed by atoms with van der Waals surface area (Å²) < 4.78 is 22.1. The molecule has 27 heavy (non-hydrogen) atoms. The summed E-state index contributed by atoms with van der Waals surface area (Å²) in [5.74, 6) is 0.646. The summed E-state index contributed by atoms with van der Waals surface area (Å²) in [6.45, 7) is 0. The van der Waals surface area contributed by atoms with E-state index in [1.165, 1.54) is 0 Å². The molecule has 0 heterocycles. The summed E-state index contributed by atoms with van der Waals surface area (Å²) in [5, 5.41) is 0. The Kier molecular flexibility index (Phi) is 5.79. The Labute approximate surface area is 160 Å². The second kappa shape index (κ2) is 8.25. The molecule has 0 unspecified atom stereocenters. The normalized spacial score (nSPS) is 11.3. The molecule has 0 amide bonds. The van der Waals surface area contributed by atoms with E-state index in [-0.39, 0.29) is 0 Å². The minimum atomic E-state index is -0.981. The third-order valence-electron chi connectivity index (χ3n) is 4.73. The smallest absolute Gasteiger partial charge is 0.221 e. The number of rotatable bonds is 7. The largest absolute Gasteiger partial charge is 0.497 e. The standard InChI is InChI=1S/C23H24O4/c1-24-21-13-7-18(8-14-21)17-5-9-19(10-6-17)23(26-3,27-4)20-11-15-22(25-2)16-12-20/h5-16H,1-4H3. The fourth-order valence-electron chi connectivity index (χ4n) is 3.20. The van der Waals surface area contributed by atoms with E-state index in [2.05, 4.69) is 12.1 Å². The number of hydrogen-bond donors (Lipinski definition) is 0. The third kappa shape index (κ3) is 3.68. The molecule has 0 fully saturated rings. The van der Waals surface area contributed by atoms with Crippen LogP contribution in [0.3, 0.4) is 0 Å². The molecular formula is C23H24O4. The number of hydrogen-bond acceptors (Lipinski definition) is 4. The number of methoxy groups -OCH3 is 4. The molecule has 140 valence electrons. The topological polar surface area (TPSA) is 36.9 Å². The van der Waals surface area contributed by atoms with E-state index >= 15 is 0 Å². The van der Waals surface area contributed by atoms with Gasteiger partial charge in [0.25, 0.3) is 0 Å². The van der Waals surface area contributed by atoms with E-state index in [0.717, 1.165) is 33.8 Å². The fourth-order valence-corrected chi connectivity index (χ4v) is 3.20. The Morgan fingerprint density at radius 2 is 0.815 bits per heavy atom. The molecule has 0 atom stereocenters. The summed E-state index contributed by atoms with van der Waals surface area (Å²) >= 11 is 0. The maximum Gasteiger partial charge on any atom is 0.221 e. The van der Waals surface area contributed by atoms with Crippen molar-refractivity contribution in [2.75, 3.05) is 28.4 Å². The van der Waals surface area contributed by atoms with Crippen molar-refractivity contribution in [3.8, 4) is 22.6 Å². The van der Waals surface area contributed by atoms with Gasteiger partial charge in [0.15, 0.2) is 0 Å². The Balaban J connectivity index is 1.95. The zero-order valence-corrected chi connectivity index (χ0v) is 16.1. The van der Waals surface area contributed by atoms with Crippen LogP contribution < -0.4 is 9.47 Å². The van der Waals surface area contributed by atoms with Gasteiger partial charge < -0.3 is 18.9 Å². The Morgan fingerprint density at radius 3 is 1.19 bits per heavy atom. The van der Waals surface area contributed by atoms with Crippen LogP contribution >= 0.6 is 0 Å². The second-order valence-electron chi connectivity index (χ2n) is 6.06. The van der Waals surface area contributed by atoms with Crippen LogP contribution in [-0.4, -0.2) is 28.4 Å². The molecule has 0 N–H and O–H groups in total. The predicted molar refractivity (Wildman–Crippen MR) is 106 cm³/mol. The van der Waals surface area contributed by atoms with Crippen LogP contribution in [0.1, 0.15) is 11.1 Å². The first kappa shape index (κ1) is 19.0. The van der Waals surface area contributed by atoms with E-state index in [0.29, 0.717) is 0 Å². The highest BCUT2D eigenvalue weighted by molar-refractivity contribution is 5.64. The molecule has 0 aromatic heterocycles. The molecule has 3 aromatic carbocycles. The van der Waals surface area contributed by atoms with Gasteiger partial charge in [-0.3, -0.25) is 0 Å². The molecule has 0 aliphatic carbocycles. The van der Waals surface area contributed by atoms with Gasteiger partial charge >= 0.3 is 0 Å². The molecule has 0 spiro atoms. The van der Waals surface area contributed by atoms with E-state index in [9.17, 15) is 0 Å². The number of ether oxygens (including phenoxy) is 4. The van der Waals surface area contributed by atoms with Gasteiger partial charge in [0.05, 0.1) is 14.2 Å². The van der Waals surface area contributed by atoms with E-state index in [1.807, 2.05) is 60.7 Å². The number of benzene rings is 3. The Bertz CT molecular complexity index is 848. The fraction of sp³-hybridized carbons (Fsp3) is 0.217. The molecule has 0 bridgehead atoms. The average Bonchev–Trinajstić information content (AvgIpc) is 2.76. The average molecular weight is 364 g/mol. The van der Waals surface area contributed by atoms with Crippen molar-refractivity contribution in [2.24, 2.45) is 0 Å². The van der Waals surface area contributed by atoms with Gasteiger partial charge in [0.2, 0.25) is 5.79 Å². The van der Waals surface area contributed by atoms with E-state index < -0.39 is 5.79 Å². The summed E-state index contributed by atoms with van der Waals surface area (Å²) in [7, 11) is 6.60. The molecule has 0 aliphatic rings. The Morgan fingerprint density at radius 1 is 0.481 bits per heavy atom. The molecular weight excluding hydrogens is 340 g/mol. The van der Waals surface area contributed by atoms with Crippen LogP contribution in [0.5, 0.6) is 11.5 Å². The van der Waals surface area contributed by atoms with Crippen LogP contribution in [-0.2, 0) is 15.3 Å². The third-order valence-corrected chi connectivity index (χ3v) is 4.73. The zero-order valence-electron chi connectivity index (χ0n) is 16.1. The van der Waals surface area contributed by atoms with Gasteiger partial charge in [0, 0.05) is 25.3 Å². The van der Waals surface area contributed by atoms with Crippen LogP contribution in [0.4, 0.5) is 0 Å². The van der Waals surface area contributed by atoms with Gasteiger partial charge in [-0.05, 0) is 47.5 Å². The first-order chi connectivity index (χ1) is 13.2. The lowest BCUT2D eigenvalue weighted by Crippen LogP contribution is -2.32. The molecule has 0 saturated heterocycles. The van der Waals surface area contributed by atoms with Crippen LogP contribution in [0, 0.1) is 0 Å². The lowest BCUT2D eigenvalue weighted by molar-refractivity contribution is -0.183. The molecule has 0 aliphatic heterocycles. The zero-order chi connectivity index (χ0) is 19.3. The quantitative estimate of drug-likeness (QED) is 0.561. The van der Waals surface area contributed by atoms with Crippen molar-refractivity contribution in [1.82, 2.24) is 0 Å². The summed E-state index contributed by atoms with van der Waals surface area (Å²) in [6, 6.07) is 23.8. The van der Waals surface area contributed by atoms with E-state index in [1.54, 1.807) is 28.4 Å². The molecule has 4 nitrogen and oxygen atoms in total. The highest BCUT2D eigenvalue weighted by Gasteiger charge is 2.34. The molecule has 0 radical (unpaired) electrons. The molecule has 3 aromatic rings.